The second kappa shape index (κ2) is 11.2. The van der Waals surface area contributed by atoms with Gasteiger partial charge in [-0.25, -0.2) is 0 Å². The van der Waals surface area contributed by atoms with Crippen LogP contribution in [0.4, 0.5) is 13.2 Å². The minimum atomic E-state index is -4.28. The number of benzene rings is 2. The van der Waals surface area contributed by atoms with E-state index in [4.69, 9.17) is 9.47 Å². The van der Waals surface area contributed by atoms with E-state index in [0.29, 0.717) is 43.4 Å². The van der Waals surface area contributed by atoms with Crippen LogP contribution >= 0.6 is 0 Å². The Morgan fingerprint density at radius 1 is 0.829 bits per heavy atom. The molecule has 3 aromatic rings. The van der Waals surface area contributed by atoms with Crippen LogP contribution in [0.3, 0.4) is 0 Å². The second-order valence-corrected chi connectivity index (χ2v) is 8.59. The summed E-state index contributed by atoms with van der Waals surface area (Å²) in [6.45, 7) is 2.50. The van der Waals surface area contributed by atoms with E-state index in [0.717, 1.165) is 16.7 Å². The number of hydrogen-bond acceptors (Lipinski definition) is 4. The Balaban J connectivity index is 1.47. The monoisotopic (exact) mass is 480 g/mol. The van der Waals surface area contributed by atoms with Gasteiger partial charge < -0.3 is 9.47 Å². The molecule has 7 heteroatoms. The first-order valence-electron chi connectivity index (χ1n) is 11.6. The summed E-state index contributed by atoms with van der Waals surface area (Å²) in [6, 6.07) is 21.3. The van der Waals surface area contributed by atoms with Crippen molar-refractivity contribution in [3.63, 3.8) is 0 Å². The van der Waals surface area contributed by atoms with Crippen molar-refractivity contribution in [1.29, 1.82) is 0 Å². The zero-order chi connectivity index (χ0) is 24.7. The fourth-order valence-electron chi connectivity index (χ4n) is 3.90. The molecule has 0 amide bonds. The minimum Gasteiger partial charge on any atom is -0.483 e. The van der Waals surface area contributed by atoms with Gasteiger partial charge in [0.25, 0.3) is 5.88 Å². The Morgan fingerprint density at radius 3 is 2.06 bits per heavy atom. The molecule has 0 radical (unpaired) electrons. The van der Waals surface area contributed by atoms with E-state index in [-0.39, 0.29) is 12.3 Å². The third-order valence-corrected chi connectivity index (χ3v) is 5.92. The molecule has 1 atom stereocenters. The average Bonchev–Trinajstić information content (AvgIpc) is 2.86. The van der Waals surface area contributed by atoms with Crippen LogP contribution in [0.25, 0.3) is 0 Å². The van der Waals surface area contributed by atoms with E-state index in [1.54, 1.807) is 12.1 Å². The van der Waals surface area contributed by atoms with Crippen molar-refractivity contribution in [1.82, 2.24) is 10.2 Å². The molecule has 0 N–H and O–H groups in total. The quantitative estimate of drug-likeness (QED) is 0.330. The lowest BCUT2D eigenvalue weighted by atomic mass is 9.85. The predicted octanol–water partition coefficient (Wildman–Crippen LogP) is 7.02. The van der Waals surface area contributed by atoms with Crippen molar-refractivity contribution in [2.75, 3.05) is 0 Å². The fourth-order valence-corrected chi connectivity index (χ4v) is 3.90. The molecule has 1 aromatic heterocycles. The number of aryl methyl sites for hydroxylation is 1. The lowest BCUT2D eigenvalue weighted by Gasteiger charge is -2.23. The Morgan fingerprint density at radius 2 is 1.46 bits per heavy atom. The molecule has 0 fully saturated rings. The van der Waals surface area contributed by atoms with E-state index in [1.807, 2.05) is 67.6 Å². The van der Waals surface area contributed by atoms with Gasteiger partial charge in [-0.15, -0.1) is 5.10 Å². The van der Waals surface area contributed by atoms with E-state index in [9.17, 15) is 13.2 Å². The van der Waals surface area contributed by atoms with Crippen molar-refractivity contribution in [2.45, 2.75) is 45.6 Å². The summed E-state index contributed by atoms with van der Waals surface area (Å²) in [4.78, 5) is 0. The topological polar surface area (TPSA) is 44.2 Å². The lowest BCUT2D eigenvalue weighted by molar-refractivity contribution is -0.0951. The highest BCUT2D eigenvalue weighted by Gasteiger charge is 2.35. The van der Waals surface area contributed by atoms with Gasteiger partial charge >= 0.3 is 6.18 Å². The lowest BCUT2D eigenvalue weighted by Crippen LogP contribution is -2.18. The Bertz CT molecular complexity index is 1180. The third-order valence-electron chi connectivity index (χ3n) is 5.92. The SMILES string of the molecule is CC1CC(C(F)(F)F)=CC=C1CCc1cc(OCc2ccccc2)c(OCc2ccccc2)nn1. The molecule has 4 rings (SSSR count). The van der Waals surface area contributed by atoms with Crippen LogP contribution in [-0.4, -0.2) is 16.4 Å². The van der Waals surface area contributed by atoms with Gasteiger partial charge in [-0.05, 0) is 36.3 Å². The Kier molecular flexibility index (Phi) is 7.85. The smallest absolute Gasteiger partial charge is 0.412 e. The largest absolute Gasteiger partial charge is 0.483 e. The summed E-state index contributed by atoms with van der Waals surface area (Å²) < 4.78 is 50.9. The molecular formula is C28H27F3N2O2. The molecule has 0 saturated heterocycles. The van der Waals surface area contributed by atoms with Gasteiger partial charge in [0.2, 0.25) is 0 Å². The summed E-state index contributed by atoms with van der Waals surface area (Å²) in [7, 11) is 0. The van der Waals surface area contributed by atoms with Crippen molar-refractivity contribution < 1.29 is 22.6 Å². The van der Waals surface area contributed by atoms with Crippen LogP contribution in [-0.2, 0) is 19.6 Å². The molecule has 182 valence electrons. The van der Waals surface area contributed by atoms with Crippen molar-refractivity contribution in [3.8, 4) is 11.6 Å². The van der Waals surface area contributed by atoms with Gasteiger partial charge in [-0.1, -0.05) is 85.3 Å². The maximum Gasteiger partial charge on any atom is 0.412 e. The van der Waals surface area contributed by atoms with E-state index in [1.165, 1.54) is 6.08 Å². The molecule has 0 saturated carbocycles. The van der Waals surface area contributed by atoms with Crippen LogP contribution in [0.1, 0.15) is 36.6 Å². The molecule has 2 aromatic carbocycles. The van der Waals surface area contributed by atoms with Gasteiger partial charge in [0, 0.05) is 11.6 Å². The highest BCUT2D eigenvalue weighted by atomic mass is 19.4. The molecule has 0 bridgehead atoms. The Hall–Kier alpha value is -3.61. The molecule has 1 heterocycles. The fraction of sp³-hybridized carbons (Fsp3) is 0.286. The van der Waals surface area contributed by atoms with Crippen LogP contribution in [0.2, 0.25) is 0 Å². The number of nitrogens with zero attached hydrogens (tertiary/aromatic N) is 2. The number of rotatable bonds is 9. The average molecular weight is 481 g/mol. The Labute approximate surface area is 203 Å². The summed E-state index contributed by atoms with van der Waals surface area (Å²) in [5.74, 6) is 0.614. The molecule has 1 aliphatic rings. The number of alkyl halides is 3. The zero-order valence-electron chi connectivity index (χ0n) is 19.5. The summed E-state index contributed by atoms with van der Waals surface area (Å²) in [5, 5.41) is 8.55. The zero-order valence-corrected chi connectivity index (χ0v) is 19.5. The van der Waals surface area contributed by atoms with Crippen molar-refractivity contribution >= 4 is 0 Å². The van der Waals surface area contributed by atoms with Crippen LogP contribution in [0.15, 0.2) is 90.0 Å². The summed E-state index contributed by atoms with van der Waals surface area (Å²) >= 11 is 0. The van der Waals surface area contributed by atoms with Crippen LogP contribution in [0, 0.1) is 5.92 Å². The molecule has 0 aliphatic heterocycles. The molecule has 1 unspecified atom stereocenters. The number of allylic oxidation sites excluding steroid dienone is 4. The van der Waals surface area contributed by atoms with E-state index >= 15 is 0 Å². The third kappa shape index (κ3) is 6.94. The van der Waals surface area contributed by atoms with Gasteiger partial charge in [0.05, 0.1) is 5.69 Å². The van der Waals surface area contributed by atoms with Crippen molar-refractivity contribution in [3.05, 3.63) is 107 Å². The highest BCUT2D eigenvalue weighted by Crippen LogP contribution is 2.37. The van der Waals surface area contributed by atoms with Crippen LogP contribution < -0.4 is 9.47 Å². The number of aromatic nitrogens is 2. The molecule has 4 nitrogen and oxygen atoms in total. The second-order valence-electron chi connectivity index (χ2n) is 8.59. The van der Waals surface area contributed by atoms with Gasteiger partial charge in [0.15, 0.2) is 5.75 Å². The number of ether oxygens (including phenoxy) is 2. The predicted molar refractivity (Wildman–Crippen MR) is 128 cm³/mol. The van der Waals surface area contributed by atoms with Gasteiger partial charge in [0.1, 0.15) is 13.2 Å². The first kappa shape index (κ1) is 24.5. The summed E-state index contributed by atoms with van der Waals surface area (Å²) in [5.41, 5.74) is 3.19. The number of halogens is 3. The highest BCUT2D eigenvalue weighted by molar-refractivity contribution is 5.35. The first-order valence-corrected chi connectivity index (χ1v) is 11.6. The summed E-state index contributed by atoms with van der Waals surface area (Å²) in [6.07, 6.45) is -0.357. The normalized spacial score (nSPS) is 15.8. The van der Waals surface area contributed by atoms with E-state index in [2.05, 4.69) is 10.2 Å². The van der Waals surface area contributed by atoms with Gasteiger partial charge in [-0.2, -0.15) is 18.3 Å². The number of hydrogen-bond donors (Lipinski definition) is 0. The maximum atomic E-state index is 13.0. The first-order chi connectivity index (χ1) is 16.9. The standard InChI is InChI=1S/C28H27F3N2O2/c1-20-16-24(28(29,30)31)14-12-23(20)13-15-25-17-26(34-18-21-8-4-2-5-9-21)27(33-32-25)35-19-22-10-6-3-7-11-22/h2-12,14,17,20H,13,15-16,18-19H2,1H3. The molecule has 1 aliphatic carbocycles. The van der Waals surface area contributed by atoms with Crippen LogP contribution in [0.5, 0.6) is 11.6 Å². The minimum absolute atomic E-state index is 0.00128. The maximum absolute atomic E-state index is 13.0. The molecular weight excluding hydrogens is 453 g/mol. The van der Waals surface area contributed by atoms with Gasteiger partial charge in [-0.3, -0.25) is 0 Å². The van der Waals surface area contributed by atoms with E-state index < -0.39 is 11.7 Å². The molecule has 0 spiro atoms. The molecule has 35 heavy (non-hydrogen) atoms. The van der Waals surface area contributed by atoms with Crippen molar-refractivity contribution in [2.24, 2.45) is 5.92 Å².